The number of aromatic nitrogens is 2. The monoisotopic (exact) mass is 400 g/mol. The Hall–Kier alpha value is -3.51. The first-order chi connectivity index (χ1) is 14.2. The average Bonchev–Trinajstić information content (AvgIpc) is 3.20. The summed E-state index contributed by atoms with van der Waals surface area (Å²) in [6.07, 6.45) is 3.57. The number of anilines is 1. The van der Waals surface area contributed by atoms with E-state index in [2.05, 4.69) is 20.6 Å². The molecular weight excluding hydrogens is 380 g/mol. The Morgan fingerprint density at radius 1 is 1.00 bits per heavy atom. The van der Waals surface area contributed by atoms with Gasteiger partial charge >= 0.3 is 6.03 Å². The number of aryl methyl sites for hydroxylation is 1. The van der Waals surface area contributed by atoms with Crippen LogP contribution < -0.4 is 10.6 Å². The third kappa shape index (κ3) is 4.67. The van der Waals surface area contributed by atoms with Gasteiger partial charge in [0.15, 0.2) is 0 Å². The lowest BCUT2D eigenvalue weighted by molar-refractivity contribution is 0.252. The molecule has 0 aliphatic heterocycles. The number of carbonyl (C=O) groups is 1. The zero-order valence-corrected chi connectivity index (χ0v) is 16.7. The Bertz CT molecular complexity index is 1110. The number of benzene rings is 2. The number of amides is 2. The summed E-state index contributed by atoms with van der Waals surface area (Å²) >= 11 is 1.62. The molecule has 0 saturated heterocycles. The molecule has 0 atom stereocenters. The Kier molecular flexibility index (Phi) is 5.63. The van der Waals surface area contributed by atoms with Crippen LogP contribution in [0.15, 0.2) is 78.4 Å². The second kappa shape index (κ2) is 8.67. The maximum absolute atomic E-state index is 12.3. The van der Waals surface area contributed by atoms with Gasteiger partial charge in [0.1, 0.15) is 0 Å². The molecule has 5 nitrogen and oxygen atoms in total. The van der Waals surface area contributed by atoms with E-state index in [1.54, 1.807) is 17.5 Å². The van der Waals surface area contributed by atoms with Crippen LogP contribution in [-0.4, -0.2) is 16.0 Å². The summed E-state index contributed by atoms with van der Waals surface area (Å²) in [6.45, 7) is 2.41. The summed E-state index contributed by atoms with van der Waals surface area (Å²) in [5.41, 5.74) is 5.84. The standard InChI is InChI=1S/C23H20N4OS/c1-16-26-22(15-29-16)17-8-10-20(11-9-17)27-23(28)25-14-19-5-2-3-7-21(19)18-6-4-12-24-13-18/h2-13,15H,14H2,1H3,(H2,25,27,28). The van der Waals surface area contributed by atoms with Crippen molar-refractivity contribution >= 4 is 23.1 Å². The van der Waals surface area contributed by atoms with Gasteiger partial charge in [-0.3, -0.25) is 4.98 Å². The zero-order chi connectivity index (χ0) is 20.1. The minimum atomic E-state index is -0.247. The van der Waals surface area contributed by atoms with Crippen molar-refractivity contribution in [3.8, 4) is 22.4 Å². The van der Waals surface area contributed by atoms with Crippen molar-refractivity contribution in [2.75, 3.05) is 5.32 Å². The third-order valence-corrected chi connectivity index (χ3v) is 5.26. The highest BCUT2D eigenvalue weighted by Gasteiger charge is 2.08. The molecule has 4 aromatic rings. The predicted molar refractivity (Wildman–Crippen MR) is 118 cm³/mol. The van der Waals surface area contributed by atoms with Crippen molar-refractivity contribution in [2.24, 2.45) is 0 Å². The van der Waals surface area contributed by atoms with Gasteiger partial charge in [-0.2, -0.15) is 0 Å². The molecule has 2 N–H and O–H groups in total. The van der Waals surface area contributed by atoms with Gasteiger partial charge in [0, 0.05) is 41.1 Å². The van der Waals surface area contributed by atoms with Crippen LogP contribution >= 0.6 is 11.3 Å². The van der Waals surface area contributed by atoms with Gasteiger partial charge in [-0.25, -0.2) is 9.78 Å². The SMILES string of the molecule is Cc1nc(-c2ccc(NC(=O)NCc3ccccc3-c3cccnc3)cc2)cs1. The van der Waals surface area contributed by atoms with Crippen LogP contribution in [0.5, 0.6) is 0 Å². The van der Waals surface area contributed by atoms with E-state index >= 15 is 0 Å². The number of pyridine rings is 1. The largest absolute Gasteiger partial charge is 0.334 e. The van der Waals surface area contributed by atoms with E-state index in [-0.39, 0.29) is 6.03 Å². The molecule has 0 spiro atoms. The molecule has 29 heavy (non-hydrogen) atoms. The summed E-state index contributed by atoms with van der Waals surface area (Å²) in [5.74, 6) is 0. The first kappa shape index (κ1) is 18.8. The van der Waals surface area contributed by atoms with Crippen LogP contribution in [-0.2, 0) is 6.54 Å². The molecule has 0 saturated carbocycles. The van der Waals surface area contributed by atoms with Crippen LogP contribution in [0.1, 0.15) is 10.6 Å². The third-order valence-electron chi connectivity index (χ3n) is 4.49. The van der Waals surface area contributed by atoms with Crippen LogP contribution in [0.4, 0.5) is 10.5 Å². The molecule has 2 aromatic heterocycles. The van der Waals surface area contributed by atoms with Crippen molar-refractivity contribution < 1.29 is 4.79 Å². The number of rotatable bonds is 5. The molecule has 4 rings (SSSR count). The van der Waals surface area contributed by atoms with Crippen molar-refractivity contribution in [2.45, 2.75) is 13.5 Å². The number of hydrogen-bond donors (Lipinski definition) is 2. The van der Waals surface area contributed by atoms with Crippen LogP contribution in [0.25, 0.3) is 22.4 Å². The summed E-state index contributed by atoms with van der Waals surface area (Å²) in [7, 11) is 0. The first-order valence-electron chi connectivity index (χ1n) is 9.25. The number of urea groups is 1. The van der Waals surface area contributed by atoms with Gasteiger partial charge in [0.05, 0.1) is 10.7 Å². The summed E-state index contributed by atoms with van der Waals surface area (Å²) in [6, 6.07) is 19.3. The normalized spacial score (nSPS) is 10.5. The van der Waals surface area contributed by atoms with Gasteiger partial charge < -0.3 is 10.6 Å². The van der Waals surface area contributed by atoms with Crippen LogP contribution in [0, 0.1) is 6.92 Å². The van der Waals surface area contributed by atoms with E-state index in [0.717, 1.165) is 38.6 Å². The Labute approximate surface area is 173 Å². The van der Waals surface area contributed by atoms with E-state index < -0.39 is 0 Å². The topological polar surface area (TPSA) is 66.9 Å². The highest BCUT2D eigenvalue weighted by atomic mass is 32.1. The first-order valence-corrected chi connectivity index (χ1v) is 10.1. The summed E-state index contributed by atoms with van der Waals surface area (Å²) in [5, 5.41) is 8.87. The van der Waals surface area contributed by atoms with E-state index in [1.807, 2.05) is 79.2 Å². The van der Waals surface area contributed by atoms with E-state index in [0.29, 0.717) is 6.54 Å². The molecule has 0 fully saturated rings. The smallest absolute Gasteiger partial charge is 0.319 e. The minimum Gasteiger partial charge on any atom is -0.334 e. The van der Waals surface area contributed by atoms with Crippen LogP contribution in [0.3, 0.4) is 0 Å². The molecule has 0 bridgehead atoms. The fourth-order valence-electron chi connectivity index (χ4n) is 3.05. The quantitative estimate of drug-likeness (QED) is 0.465. The lowest BCUT2D eigenvalue weighted by Gasteiger charge is -2.12. The fourth-order valence-corrected chi connectivity index (χ4v) is 3.67. The maximum atomic E-state index is 12.3. The highest BCUT2D eigenvalue weighted by Crippen LogP contribution is 2.24. The number of nitrogens with one attached hydrogen (secondary N) is 2. The molecule has 0 aliphatic rings. The number of carbonyl (C=O) groups excluding carboxylic acids is 1. The number of nitrogens with zero attached hydrogens (tertiary/aromatic N) is 2. The summed E-state index contributed by atoms with van der Waals surface area (Å²) in [4.78, 5) is 21.0. The molecular formula is C23H20N4OS. The van der Waals surface area contributed by atoms with Gasteiger partial charge in [0.25, 0.3) is 0 Å². The van der Waals surface area contributed by atoms with Gasteiger partial charge in [-0.15, -0.1) is 11.3 Å². The van der Waals surface area contributed by atoms with E-state index in [1.165, 1.54) is 0 Å². The van der Waals surface area contributed by atoms with Gasteiger partial charge in [-0.05, 0) is 36.2 Å². The average molecular weight is 401 g/mol. The van der Waals surface area contributed by atoms with E-state index in [9.17, 15) is 4.79 Å². The van der Waals surface area contributed by atoms with Crippen molar-refractivity contribution in [3.63, 3.8) is 0 Å². The number of hydrogen-bond acceptors (Lipinski definition) is 4. The molecule has 2 aromatic carbocycles. The Balaban J connectivity index is 1.39. The predicted octanol–water partition coefficient (Wildman–Crippen LogP) is 5.50. The molecule has 0 aliphatic carbocycles. The molecule has 6 heteroatoms. The summed E-state index contributed by atoms with van der Waals surface area (Å²) < 4.78 is 0. The van der Waals surface area contributed by atoms with Crippen molar-refractivity contribution in [3.05, 3.63) is 89.0 Å². The molecule has 0 unspecified atom stereocenters. The Morgan fingerprint density at radius 2 is 1.83 bits per heavy atom. The zero-order valence-electron chi connectivity index (χ0n) is 15.9. The van der Waals surface area contributed by atoms with E-state index in [4.69, 9.17) is 0 Å². The minimum absolute atomic E-state index is 0.247. The van der Waals surface area contributed by atoms with Gasteiger partial charge in [-0.1, -0.05) is 42.5 Å². The van der Waals surface area contributed by atoms with Gasteiger partial charge in [0.2, 0.25) is 0 Å². The van der Waals surface area contributed by atoms with Crippen molar-refractivity contribution in [1.29, 1.82) is 0 Å². The molecule has 2 heterocycles. The molecule has 0 radical (unpaired) electrons. The maximum Gasteiger partial charge on any atom is 0.319 e. The fraction of sp³-hybridized carbons (Fsp3) is 0.0870. The van der Waals surface area contributed by atoms with Crippen LogP contribution in [0.2, 0.25) is 0 Å². The molecule has 2 amide bonds. The lowest BCUT2D eigenvalue weighted by Crippen LogP contribution is -2.28. The second-order valence-electron chi connectivity index (χ2n) is 6.54. The number of thiazole rings is 1. The Morgan fingerprint density at radius 3 is 2.55 bits per heavy atom. The molecule has 144 valence electrons. The van der Waals surface area contributed by atoms with Crippen molar-refractivity contribution in [1.82, 2.24) is 15.3 Å². The lowest BCUT2D eigenvalue weighted by atomic mass is 10.0. The highest BCUT2D eigenvalue weighted by molar-refractivity contribution is 7.09. The second-order valence-corrected chi connectivity index (χ2v) is 7.60.